The van der Waals surface area contributed by atoms with Gasteiger partial charge in [-0.1, -0.05) is 12.8 Å². The van der Waals surface area contributed by atoms with E-state index >= 15 is 0 Å². The SMILES string of the molecule is NCCc1nc(CN2CCC[C@H]3CCCC[C@H]32)cs1. The first-order valence-corrected chi connectivity index (χ1v) is 8.62. The topological polar surface area (TPSA) is 42.1 Å². The Morgan fingerprint density at radius 1 is 1.26 bits per heavy atom. The smallest absolute Gasteiger partial charge is 0.0941 e. The number of nitrogens with two attached hydrogens (primary N) is 1. The molecule has 1 aliphatic heterocycles. The molecule has 19 heavy (non-hydrogen) atoms. The number of hydrogen-bond acceptors (Lipinski definition) is 4. The van der Waals surface area contributed by atoms with Gasteiger partial charge in [0.05, 0.1) is 10.7 Å². The molecule has 0 radical (unpaired) electrons. The molecule has 4 heteroatoms. The Kier molecular flexibility index (Phi) is 4.51. The van der Waals surface area contributed by atoms with Crippen LogP contribution in [0.25, 0.3) is 0 Å². The molecule has 2 fully saturated rings. The minimum absolute atomic E-state index is 0.710. The quantitative estimate of drug-likeness (QED) is 0.921. The predicted octanol–water partition coefficient (Wildman–Crippen LogP) is 2.80. The number of aromatic nitrogens is 1. The third-order valence-corrected chi connectivity index (χ3v) is 5.64. The Bertz CT molecular complexity index is 402. The number of likely N-dealkylation sites (tertiary alicyclic amines) is 1. The van der Waals surface area contributed by atoms with Crippen LogP contribution in [0.2, 0.25) is 0 Å². The summed E-state index contributed by atoms with van der Waals surface area (Å²) in [5.74, 6) is 0.963. The van der Waals surface area contributed by atoms with Gasteiger partial charge in [0, 0.05) is 24.4 Å². The molecule has 1 aromatic heterocycles. The molecule has 3 rings (SSSR count). The molecule has 1 aromatic rings. The molecule has 2 N–H and O–H groups in total. The summed E-state index contributed by atoms with van der Waals surface area (Å²) in [6.45, 7) is 3.04. The van der Waals surface area contributed by atoms with Crippen molar-refractivity contribution in [3.63, 3.8) is 0 Å². The standard InChI is InChI=1S/C15H25N3S/c16-8-7-15-17-13(11-19-15)10-18-9-3-5-12-4-1-2-6-14(12)18/h11-12,14H,1-10,16H2/t12-,14-/m1/s1. The molecule has 2 atom stereocenters. The Labute approximate surface area is 120 Å². The second-order valence-corrected chi connectivity index (χ2v) is 6.94. The monoisotopic (exact) mass is 279 g/mol. The fourth-order valence-corrected chi connectivity index (χ4v) is 4.60. The molecule has 1 aliphatic carbocycles. The summed E-state index contributed by atoms with van der Waals surface area (Å²) >= 11 is 1.77. The van der Waals surface area contributed by atoms with Gasteiger partial charge in [-0.2, -0.15) is 0 Å². The van der Waals surface area contributed by atoms with Crippen LogP contribution in [0.1, 0.15) is 49.2 Å². The van der Waals surface area contributed by atoms with Crippen LogP contribution in [0.5, 0.6) is 0 Å². The zero-order valence-corrected chi connectivity index (χ0v) is 12.5. The lowest BCUT2D eigenvalue weighted by atomic mass is 9.78. The second-order valence-electron chi connectivity index (χ2n) is 6.00. The van der Waals surface area contributed by atoms with E-state index in [0.717, 1.165) is 24.9 Å². The molecular weight excluding hydrogens is 254 g/mol. The molecule has 0 amide bonds. The number of piperidine rings is 1. The Morgan fingerprint density at radius 3 is 3.00 bits per heavy atom. The van der Waals surface area contributed by atoms with Gasteiger partial charge in [-0.25, -0.2) is 4.98 Å². The molecule has 3 nitrogen and oxygen atoms in total. The minimum atomic E-state index is 0.710. The number of hydrogen-bond donors (Lipinski definition) is 1. The summed E-state index contributed by atoms with van der Waals surface area (Å²) < 4.78 is 0. The number of fused-ring (bicyclic) bond motifs is 1. The molecule has 2 aliphatic rings. The highest BCUT2D eigenvalue weighted by Crippen LogP contribution is 2.35. The Morgan fingerprint density at radius 2 is 2.11 bits per heavy atom. The molecule has 106 valence electrons. The van der Waals surface area contributed by atoms with Crippen LogP contribution < -0.4 is 5.73 Å². The number of rotatable bonds is 4. The lowest BCUT2D eigenvalue weighted by Crippen LogP contribution is -2.46. The average Bonchev–Trinajstić information content (AvgIpc) is 2.87. The lowest BCUT2D eigenvalue weighted by Gasteiger charge is -2.44. The molecule has 0 unspecified atom stereocenters. The largest absolute Gasteiger partial charge is 0.330 e. The molecule has 0 bridgehead atoms. The molecule has 0 aromatic carbocycles. The highest BCUT2D eigenvalue weighted by atomic mass is 32.1. The van der Waals surface area contributed by atoms with Crippen LogP contribution in [0.4, 0.5) is 0 Å². The van der Waals surface area contributed by atoms with Gasteiger partial charge < -0.3 is 5.73 Å². The van der Waals surface area contributed by atoms with Crippen molar-refractivity contribution in [1.29, 1.82) is 0 Å². The summed E-state index contributed by atoms with van der Waals surface area (Å²) in [6.07, 6.45) is 9.50. The van der Waals surface area contributed by atoms with Crippen molar-refractivity contribution >= 4 is 11.3 Å². The Hall–Kier alpha value is -0.450. The second kappa shape index (κ2) is 6.33. The van der Waals surface area contributed by atoms with E-state index in [1.807, 2.05) is 0 Å². The van der Waals surface area contributed by atoms with Gasteiger partial charge >= 0.3 is 0 Å². The van der Waals surface area contributed by atoms with Crippen LogP contribution in [0.3, 0.4) is 0 Å². The van der Waals surface area contributed by atoms with Crippen molar-refractivity contribution < 1.29 is 0 Å². The third-order valence-electron chi connectivity index (χ3n) is 4.68. The van der Waals surface area contributed by atoms with E-state index in [0.29, 0.717) is 6.54 Å². The van der Waals surface area contributed by atoms with E-state index in [1.165, 1.54) is 55.8 Å². The van der Waals surface area contributed by atoms with Gasteiger partial charge in [0.2, 0.25) is 0 Å². The molecule has 1 saturated heterocycles. The summed E-state index contributed by atoms with van der Waals surface area (Å²) in [4.78, 5) is 7.43. The van der Waals surface area contributed by atoms with E-state index in [-0.39, 0.29) is 0 Å². The zero-order chi connectivity index (χ0) is 13.1. The van der Waals surface area contributed by atoms with Crippen LogP contribution in [0.15, 0.2) is 5.38 Å². The molecule has 1 saturated carbocycles. The average molecular weight is 279 g/mol. The molecular formula is C15H25N3S. The van der Waals surface area contributed by atoms with Crippen molar-refractivity contribution in [1.82, 2.24) is 9.88 Å². The maximum Gasteiger partial charge on any atom is 0.0941 e. The maximum absolute atomic E-state index is 5.60. The van der Waals surface area contributed by atoms with E-state index in [9.17, 15) is 0 Å². The molecule has 0 spiro atoms. The van der Waals surface area contributed by atoms with E-state index in [4.69, 9.17) is 10.7 Å². The van der Waals surface area contributed by atoms with E-state index in [2.05, 4.69) is 10.3 Å². The fraction of sp³-hybridized carbons (Fsp3) is 0.800. The van der Waals surface area contributed by atoms with E-state index in [1.54, 1.807) is 11.3 Å². The Balaban J connectivity index is 1.63. The van der Waals surface area contributed by atoms with Crippen molar-refractivity contribution in [3.8, 4) is 0 Å². The highest BCUT2D eigenvalue weighted by Gasteiger charge is 2.33. The summed E-state index contributed by atoms with van der Waals surface area (Å²) in [5.41, 5.74) is 6.86. The van der Waals surface area contributed by atoms with Crippen LogP contribution in [-0.2, 0) is 13.0 Å². The van der Waals surface area contributed by atoms with Gasteiger partial charge in [-0.15, -0.1) is 11.3 Å². The third kappa shape index (κ3) is 3.18. The van der Waals surface area contributed by atoms with Crippen molar-refractivity contribution in [3.05, 3.63) is 16.1 Å². The minimum Gasteiger partial charge on any atom is -0.330 e. The fourth-order valence-electron chi connectivity index (χ4n) is 3.79. The van der Waals surface area contributed by atoms with Gasteiger partial charge in [-0.05, 0) is 44.7 Å². The van der Waals surface area contributed by atoms with Gasteiger partial charge in [0.1, 0.15) is 0 Å². The zero-order valence-electron chi connectivity index (χ0n) is 11.7. The number of thiazole rings is 1. The van der Waals surface area contributed by atoms with Crippen molar-refractivity contribution in [2.24, 2.45) is 11.7 Å². The van der Waals surface area contributed by atoms with Crippen LogP contribution in [0, 0.1) is 5.92 Å². The van der Waals surface area contributed by atoms with Gasteiger partial charge in [0.25, 0.3) is 0 Å². The van der Waals surface area contributed by atoms with E-state index < -0.39 is 0 Å². The maximum atomic E-state index is 5.60. The van der Waals surface area contributed by atoms with Gasteiger partial charge in [-0.3, -0.25) is 4.90 Å². The van der Waals surface area contributed by atoms with Crippen molar-refractivity contribution in [2.45, 2.75) is 57.5 Å². The lowest BCUT2D eigenvalue weighted by molar-refractivity contribution is 0.0538. The normalized spacial score (nSPS) is 28.3. The predicted molar refractivity (Wildman–Crippen MR) is 80.3 cm³/mol. The first-order valence-electron chi connectivity index (χ1n) is 7.74. The highest BCUT2D eigenvalue weighted by molar-refractivity contribution is 7.09. The number of nitrogens with zero attached hydrogens (tertiary/aromatic N) is 2. The van der Waals surface area contributed by atoms with Crippen molar-refractivity contribution in [2.75, 3.05) is 13.1 Å². The van der Waals surface area contributed by atoms with Crippen LogP contribution in [-0.4, -0.2) is 29.0 Å². The molecule has 2 heterocycles. The summed E-state index contributed by atoms with van der Waals surface area (Å²) in [7, 11) is 0. The summed E-state index contributed by atoms with van der Waals surface area (Å²) in [5, 5.41) is 3.44. The first-order chi connectivity index (χ1) is 9.36. The van der Waals surface area contributed by atoms with Gasteiger partial charge in [0.15, 0.2) is 0 Å². The first kappa shape index (κ1) is 13.5. The summed E-state index contributed by atoms with van der Waals surface area (Å²) in [6, 6.07) is 0.835. The van der Waals surface area contributed by atoms with Crippen LogP contribution >= 0.6 is 11.3 Å².